The van der Waals surface area contributed by atoms with Gasteiger partial charge in [-0.15, -0.1) is 0 Å². The molecule has 32 heavy (non-hydrogen) atoms. The van der Waals surface area contributed by atoms with Crippen LogP contribution >= 0.6 is 0 Å². The van der Waals surface area contributed by atoms with Gasteiger partial charge in [0.05, 0.1) is 24.2 Å². The molecule has 7 nitrogen and oxygen atoms in total. The van der Waals surface area contributed by atoms with Crippen LogP contribution in [0.1, 0.15) is 16.7 Å². The molecule has 0 radical (unpaired) electrons. The molecule has 2 N–H and O–H groups in total. The molecule has 1 aromatic heterocycles. The monoisotopic (exact) mass is 430 g/mol. The van der Waals surface area contributed by atoms with E-state index in [1.165, 1.54) is 11.1 Å². The highest BCUT2D eigenvalue weighted by Crippen LogP contribution is 2.34. The Balaban J connectivity index is 1.66. The minimum absolute atomic E-state index is 0.489. The molecule has 166 valence electrons. The second-order valence-electron chi connectivity index (χ2n) is 8.17. The van der Waals surface area contributed by atoms with Crippen LogP contribution in [0.15, 0.2) is 49.2 Å². The van der Waals surface area contributed by atoms with Crippen molar-refractivity contribution in [3.05, 3.63) is 65.9 Å². The first-order valence-electron chi connectivity index (χ1n) is 10.7. The van der Waals surface area contributed by atoms with E-state index in [1.807, 2.05) is 32.3 Å². The Kier molecular flexibility index (Phi) is 6.28. The lowest BCUT2D eigenvalue weighted by Gasteiger charge is -2.26. The Morgan fingerprint density at radius 2 is 1.94 bits per heavy atom. The van der Waals surface area contributed by atoms with Crippen LogP contribution in [0.2, 0.25) is 0 Å². The summed E-state index contributed by atoms with van der Waals surface area (Å²) < 4.78 is 5.65. The lowest BCUT2D eigenvalue weighted by Crippen LogP contribution is -2.26. The molecule has 1 aliphatic rings. The topological polar surface area (TPSA) is 65.6 Å². The van der Waals surface area contributed by atoms with Gasteiger partial charge in [-0.05, 0) is 48.9 Å². The SMILES string of the molecule is C=Cc1cnc(Nc2cc3c(cc2OC)CCN(C)C3)nc1Nc1ccccc1N(C)C. The molecule has 7 heteroatoms. The van der Waals surface area contributed by atoms with Gasteiger partial charge in [-0.1, -0.05) is 24.8 Å². The summed E-state index contributed by atoms with van der Waals surface area (Å²) in [5, 5.41) is 6.79. The van der Waals surface area contributed by atoms with Crippen molar-refractivity contribution in [2.75, 3.05) is 50.3 Å². The van der Waals surface area contributed by atoms with Crippen molar-refractivity contribution in [2.45, 2.75) is 13.0 Å². The third-order valence-electron chi connectivity index (χ3n) is 5.65. The van der Waals surface area contributed by atoms with Gasteiger partial charge in [0.2, 0.25) is 5.95 Å². The average molecular weight is 431 g/mol. The molecule has 2 heterocycles. The van der Waals surface area contributed by atoms with Gasteiger partial charge in [0.1, 0.15) is 11.6 Å². The highest BCUT2D eigenvalue weighted by atomic mass is 16.5. The molecule has 0 unspecified atom stereocenters. The minimum Gasteiger partial charge on any atom is -0.495 e. The van der Waals surface area contributed by atoms with Gasteiger partial charge in [-0.25, -0.2) is 4.98 Å². The first-order chi connectivity index (χ1) is 15.5. The summed E-state index contributed by atoms with van der Waals surface area (Å²) in [6.45, 7) is 5.88. The van der Waals surface area contributed by atoms with Crippen LogP contribution in [0.5, 0.6) is 5.75 Å². The number of benzene rings is 2. The van der Waals surface area contributed by atoms with Crippen molar-refractivity contribution in [1.29, 1.82) is 0 Å². The van der Waals surface area contributed by atoms with E-state index in [9.17, 15) is 0 Å². The van der Waals surface area contributed by atoms with Crippen molar-refractivity contribution in [3.8, 4) is 5.75 Å². The zero-order valence-electron chi connectivity index (χ0n) is 19.1. The molecule has 2 aromatic carbocycles. The third kappa shape index (κ3) is 4.53. The summed E-state index contributed by atoms with van der Waals surface area (Å²) in [5.74, 6) is 1.96. The maximum absolute atomic E-state index is 5.65. The maximum atomic E-state index is 5.65. The Labute approximate surface area is 189 Å². The number of fused-ring (bicyclic) bond motifs is 1. The molecule has 0 saturated heterocycles. The summed E-state index contributed by atoms with van der Waals surface area (Å²) in [6, 6.07) is 12.4. The van der Waals surface area contributed by atoms with Gasteiger partial charge in [0.25, 0.3) is 0 Å². The van der Waals surface area contributed by atoms with E-state index >= 15 is 0 Å². The largest absolute Gasteiger partial charge is 0.495 e. The molecular weight excluding hydrogens is 400 g/mol. The second kappa shape index (κ2) is 9.28. The quantitative estimate of drug-likeness (QED) is 0.565. The molecule has 0 atom stereocenters. The van der Waals surface area contributed by atoms with Gasteiger partial charge >= 0.3 is 0 Å². The number of aromatic nitrogens is 2. The molecule has 0 amide bonds. The Morgan fingerprint density at radius 3 is 2.69 bits per heavy atom. The number of nitrogens with zero attached hydrogens (tertiary/aromatic N) is 4. The number of ether oxygens (including phenoxy) is 1. The number of hydrogen-bond acceptors (Lipinski definition) is 7. The van der Waals surface area contributed by atoms with Crippen molar-refractivity contribution in [1.82, 2.24) is 14.9 Å². The minimum atomic E-state index is 0.489. The molecule has 0 spiro atoms. The first-order valence-corrected chi connectivity index (χ1v) is 10.7. The molecular formula is C25H30N6O. The Hall–Kier alpha value is -3.58. The van der Waals surface area contributed by atoms with E-state index < -0.39 is 0 Å². The zero-order valence-corrected chi connectivity index (χ0v) is 19.1. The lowest BCUT2D eigenvalue weighted by atomic mass is 9.99. The summed E-state index contributed by atoms with van der Waals surface area (Å²) in [7, 11) is 7.86. The van der Waals surface area contributed by atoms with E-state index in [-0.39, 0.29) is 0 Å². The van der Waals surface area contributed by atoms with Crippen molar-refractivity contribution in [2.24, 2.45) is 0 Å². The lowest BCUT2D eigenvalue weighted by molar-refractivity contribution is 0.312. The van der Waals surface area contributed by atoms with Crippen molar-refractivity contribution in [3.63, 3.8) is 0 Å². The van der Waals surface area contributed by atoms with Gasteiger partial charge in [-0.2, -0.15) is 4.98 Å². The van der Waals surface area contributed by atoms with Crippen LogP contribution in [0, 0.1) is 0 Å². The molecule has 1 aliphatic heterocycles. The van der Waals surface area contributed by atoms with E-state index in [0.29, 0.717) is 11.8 Å². The molecule has 4 rings (SSSR count). The fourth-order valence-electron chi connectivity index (χ4n) is 3.91. The van der Waals surface area contributed by atoms with Gasteiger partial charge in [0.15, 0.2) is 0 Å². The highest BCUT2D eigenvalue weighted by Gasteiger charge is 2.18. The highest BCUT2D eigenvalue weighted by molar-refractivity contribution is 5.77. The van der Waals surface area contributed by atoms with E-state index in [2.05, 4.69) is 57.2 Å². The predicted molar refractivity (Wildman–Crippen MR) is 132 cm³/mol. The second-order valence-corrected chi connectivity index (χ2v) is 8.17. The Bertz CT molecular complexity index is 1130. The fourth-order valence-corrected chi connectivity index (χ4v) is 3.91. The third-order valence-corrected chi connectivity index (χ3v) is 5.65. The summed E-state index contributed by atoms with van der Waals surface area (Å²) in [5.41, 5.74) is 6.32. The van der Waals surface area contributed by atoms with Gasteiger partial charge in [-0.3, -0.25) is 0 Å². The van der Waals surface area contributed by atoms with Crippen LogP contribution in [0.25, 0.3) is 6.08 Å². The number of rotatable bonds is 7. The van der Waals surface area contributed by atoms with Gasteiger partial charge < -0.3 is 25.2 Å². The fraction of sp³-hybridized carbons (Fsp3) is 0.280. The van der Waals surface area contributed by atoms with Crippen LogP contribution in [-0.4, -0.2) is 49.7 Å². The average Bonchev–Trinajstić information content (AvgIpc) is 2.79. The van der Waals surface area contributed by atoms with Crippen LogP contribution in [0.3, 0.4) is 0 Å². The standard InChI is InChI=1S/C25H30N6O/c1-6-17-15-26-25(29-24(17)27-20-9-7-8-10-22(20)30(2)3)28-21-13-19-16-31(4)12-11-18(19)14-23(21)32-5/h6-10,13-15H,1,11-12,16H2,2-5H3,(H2,26,27,28,29). The van der Waals surface area contributed by atoms with Gasteiger partial charge in [0, 0.05) is 38.9 Å². The summed E-state index contributed by atoms with van der Waals surface area (Å²) in [4.78, 5) is 13.6. The molecule has 3 aromatic rings. The Morgan fingerprint density at radius 1 is 1.12 bits per heavy atom. The van der Waals surface area contributed by atoms with E-state index in [1.54, 1.807) is 19.4 Å². The normalized spacial score (nSPS) is 13.2. The van der Waals surface area contributed by atoms with Crippen LogP contribution < -0.4 is 20.3 Å². The molecule has 0 bridgehead atoms. The summed E-state index contributed by atoms with van der Waals surface area (Å²) in [6.07, 6.45) is 4.54. The van der Waals surface area contributed by atoms with E-state index in [0.717, 1.165) is 47.9 Å². The molecule has 0 aliphatic carbocycles. The smallest absolute Gasteiger partial charge is 0.229 e. The van der Waals surface area contributed by atoms with E-state index in [4.69, 9.17) is 9.72 Å². The zero-order chi connectivity index (χ0) is 22.7. The van der Waals surface area contributed by atoms with Crippen LogP contribution in [-0.2, 0) is 13.0 Å². The molecule has 0 fully saturated rings. The number of likely N-dealkylation sites (N-methyl/N-ethyl adjacent to an activating group) is 1. The van der Waals surface area contributed by atoms with Crippen molar-refractivity contribution >= 4 is 34.9 Å². The number of methoxy groups -OCH3 is 1. The number of nitrogens with one attached hydrogen (secondary N) is 2. The number of anilines is 5. The van der Waals surface area contributed by atoms with Crippen molar-refractivity contribution < 1.29 is 4.74 Å². The molecule has 0 saturated carbocycles. The number of hydrogen-bond donors (Lipinski definition) is 2. The number of para-hydroxylation sites is 2. The predicted octanol–water partition coefficient (Wildman–Crippen LogP) is 4.67. The van der Waals surface area contributed by atoms with Crippen LogP contribution in [0.4, 0.5) is 28.8 Å². The summed E-state index contributed by atoms with van der Waals surface area (Å²) >= 11 is 0. The first kappa shape index (κ1) is 21.6. The maximum Gasteiger partial charge on any atom is 0.229 e.